The predicted molar refractivity (Wildman–Crippen MR) is 112 cm³/mol. The van der Waals surface area contributed by atoms with Gasteiger partial charge in [0.25, 0.3) is 5.91 Å². The van der Waals surface area contributed by atoms with Crippen LogP contribution in [0.15, 0.2) is 48.5 Å². The number of halogens is 1. The summed E-state index contributed by atoms with van der Waals surface area (Å²) in [6.45, 7) is 4.16. The van der Waals surface area contributed by atoms with Gasteiger partial charge in [0, 0.05) is 45.4 Å². The Morgan fingerprint density at radius 3 is 2.83 bits per heavy atom. The van der Waals surface area contributed by atoms with Crippen molar-refractivity contribution in [3.63, 3.8) is 0 Å². The van der Waals surface area contributed by atoms with Crippen molar-refractivity contribution in [1.29, 1.82) is 0 Å². The molecular formula is C23H29FN2O4. The molecule has 1 amide bonds. The molecule has 1 aliphatic heterocycles. The monoisotopic (exact) mass is 416 g/mol. The van der Waals surface area contributed by atoms with Gasteiger partial charge in [-0.05, 0) is 35.9 Å². The average Bonchev–Trinajstić information content (AvgIpc) is 2.76. The van der Waals surface area contributed by atoms with Crippen molar-refractivity contribution < 1.29 is 23.4 Å². The zero-order chi connectivity index (χ0) is 21.3. The molecule has 3 rings (SSSR count). The summed E-state index contributed by atoms with van der Waals surface area (Å²) < 4.78 is 30.0. The van der Waals surface area contributed by atoms with E-state index in [0.29, 0.717) is 38.4 Å². The molecule has 162 valence electrons. The maximum atomic E-state index is 13.6. The van der Waals surface area contributed by atoms with Crippen molar-refractivity contribution in [3.05, 3.63) is 65.5 Å². The maximum absolute atomic E-state index is 13.6. The molecule has 1 saturated heterocycles. The number of nitrogens with zero attached hydrogens (tertiary/aromatic N) is 2. The number of rotatable bonds is 9. The Labute approximate surface area is 177 Å². The molecule has 0 aromatic heterocycles. The van der Waals surface area contributed by atoms with Crippen molar-refractivity contribution in [2.24, 2.45) is 0 Å². The molecule has 1 atom stereocenters. The number of hydrogen-bond donors (Lipinski definition) is 0. The molecule has 6 nitrogen and oxygen atoms in total. The van der Waals surface area contributed by atoms with Gasteiger partial charge in [-0.1, -0.05) is 18.2 Å². The van der Waals surface area contributed by atoms with E-state index in [1.54, 1.807) is 31.3 Å². The van der Waals surface area contributed by atoms with Gasteiger partial charge in [0.15, 0.2) is 0 Å². The lowest BCUT2D eigenvalue weighted by Crippen LogP contribution is -2.49. The van der Waals surface area contributed by atoms with Gasteiger partial charge < -0.3 is 19.1 Å². The largest absolute Gasteiger partial charge is 0.497 e. The third kappa shape index (κ3) is 6.26. The second-order valence-corrected chi connectivity index (χ2v) is 7.33. The van der Waals surface area contributed by atoms with Crippen molar-refractivity contribution in [2.45, 2.75) is 12.6 Å². The van der Waals surface area contributed by atoms with Crippen LogP contribution in [0.4, 0.5) is 4.39 Å². The number of ether oxygens (including phenoxy) is 3. The van der Waals surface area contributed by atoms with E-state index in [1.807, 2.05) is 18.2 Å². The summed E-state index contributed by atoms with van der Waals surface area (Å²) in [7, 11) is 3.26. The Morgan fingerprint density at radius 2 is 2.07 bits per heavy atom. The van der Waals surface area contributed by atoms with E-state index < -0.39 is 5.82 Å². The Kier molecular flexibility index (Phi) is 8.19. The highest BCUT2D eigenvalue weighted by Gasteiger charge is 2.26. The van der Waals surface area contributed by atoms with Crippen molar-refractivity contribution in [3.8, 4) is 5.75 Å². The Morgan fingerprint density at radius 1 is 1.23 bits per heavy atom. The van der Waals surface area contributed by atoms with Gasteiger partial charge in [0.2, 0.25) is 0 Å². The molecule has 1 aliphatic rings. The number of methoxy groups -OCH3 is 2. The van der Waals surface area contributed by atoms with Gasteiger partial charge >= 0.3 is 0 Å². The summed E-state index contributed by atoms with van der Waals surface area (Å²) in [6, 6.07) is 13.8. The third-order valence-corrected chi connectivity index (χ3v) is 5.11. The van der Waals surface area contributed by atoms with E-state index in [9.17, 15) is 9.18 Å². The Balaban J connectivity index is 1.64. The van der Waals surface area contributed by atoms with Crippen LogP contribution in [-0.4, -0.2) is 75.4 Å². The lowest BCUT2D eigenvalue weighted by Gasteiger charge is -2.36. The van der Waals surface area contributed by atoms with E-state index in [1.165, 1.54) is 17.7 Å². The lowest BCUT2D eigenvalue weighted by atomic mass is 10.1. The van der Waals surface area contributed by atoms with Crippen molar-refractivity contribution in [1.82, 2.24) is 9.80 Å². The fourth-order valence-electron chi connectivity index (χ4n) is 3.59. The standard InChI is InChI=1S/C23H29FN2O4/c1-28-11-10-26(23(27)19-6-4-7-20(24)14-19)17-22-16-25(9-12-30-22)15-18-5-3-8-21(13-18)29-2/h3-8,13-14,22H,9-12,15-17H2,1-2H3. The van der Waals surface area contributed by atoms with Crippen LogP contribution in [-0.2, 0) is 16.0 Å². The van der Waals surface area contributed by atoms with E-state index in [4.69, 9.17) is 14.2 Å². The molecule has 0 aliphatic carbocycles. The zero-order valence-corrected chi connectivity index (χ0v) is 17.6. The van der Waals surface area contributed by atoms with Gasteiger partial charge in [-0.15, -0.1) is 0 Å². The second-order valence-electron chi connectivity index (χ2n) is 7.33. The maximum Gasteiger partial charge on any atom is 0.254 e. The lowest BCUT2D eigenvalue weighted by molar-refractivity contribution is -0.0444. The molecule has 0 spiro atoms. The Hall–Kier alpha value is -2.48. The first-order valence-corrected chi connectivity index (χ1v) is 10.1. The van der Waals surface area contributed by atoms with E-state index in [2.05, 4.69) is 11.0 Å². The molecule has 1 heterocycles. The fourth-order valence-corrected chi connectivity index (χ4v) is 3.59. The van der Waals surface area contributed by atoms with Crippen LogP contribution in [0.1, 0.15) is 15.9 Å². The van der Waals surface area contributed by atoms with E-state index in [-0.39, 0.29) is 12.0 Å². The molecule has 30 heavy (non-hydrogen) atoms. The summed E-state index contributed by atoms with van der Waals surface area (Å²) in [5.74, 6) is 0.190. The van der Waals surface area contributed by atoms with Gasteiger partial charge in [0.05, 0.1) is 26.4 Å². The minimum absolute atomic E-state index is 0.126. The molecule has 0 bridgehead atoms. The smallest absolute Gasteiger partial charge is 0.254 e. The highest BCUT2D eigenvalue weighted by molar-refractivity contribution is 5.94. The van der Waals surface area contributed by atoms with Crippen molar-refractivity contribution in [2.75, 3.05) is 53.6 Å². The normalized spacial score (nSPS) is 17.0. The summed E-state index contributed by atoms with van der Waals surface area (Å²) >= 11 is 0. The third-order valence-electron chi connectivity index (χ3n) is 5.11. The molecule has 1 fully saturated rings. The molecule has 0 radical (unpaired) electrons. The van der Waals surface area contributed by atoms with E-state index in [0.717, 1.165) is 18.8 Å². The molecule has 0 N–H and O–H groups in total. The summed E-state index contributed by atoms with van der Waals surface area (Å²) in [5.41, 5.74) is 1.50. The van der Waals surface area contributed by atoms with E-state index >= 15 is 0 Å². The molecule has 7 heteroatoms. The number of carbonyl (C=O) groups is 1. The van der Waals surface area contributed by atoms with Crippen LogP contribution in [0, 0.1) is 5.82 Å². The highest BCUT2D eigenvalue weighted by Crippen LogP contribution is 2.17. The van der Waals surface area contributed by atoms with Gasteiger partial charge in [0.1, 0.15) is 11.6 Å². The van der Waals surface area contributed by atoms with Crippen LogP contribution in [0.25, 0.3) is 0 Å². The zero-order valence-electron chi connectivity index (χ0n) is 17.6. The number of benzene rings is 2. The summed E-state index contributed by atoms with van der Waals surface area (Å²) in [5, 5.41) is 0. The van der Waals surface area contributed by atoms with Crippen LogP contribution >= 0.6 is 0 Å². The SMILES string of the molecule is COCCN(CC1CN(Cc2cccc(OC)c2)CCO1)C(=O)c1cccc(F)c1. The van der Waals surface area contributed by atoms with Crippen LogP contribution < -0.4 is 4.74 Å². The van der Waals surface area contributed by atoms with Crippen LogP contribution in [0.5, 0.6) is 5.75 Å². The summed E-state index contributed by atoms with van der Waals surface area (Å²) in [4.78, 5) is 16.9. The minimum Gasteiger partial charge on any atom is -0.497 e. The van der Waals surface area contributed by atoms with Crippen LogP contribution in [0.2, 0.25) is 0 Å². The van der Waals surface area contributed by atoms with Gasteiger partial charge in [-0.25, -0.2) is 4.39 Å². The highest BCUT2D eigenvalue weighted by atomic mass is 19.1. The van der Waals surface area contributed by atoms with Crippen molar-refractivity contribution >= 4 is 5.91 Å². The number of carbonyl (C=O) groups excluding carboxylic acids is 1. The topological polar surface area (TPSA) is 51.2 Å². The molecular weight excluding hydrogens is 387 g/mol. The number of morpholine rings is 1. The molecule has 2 aromatic rings. The molecule has 2 aromatic carbocycles. The molecule has 0 saturated carbocycles. The Bertz CT molecular complexity index is 832. The predicted octanol–water partition coefficient (Wildman–Crippen LogP) is 2.82. The first-order valence-electron chi connectivity index (χ1n) is 10.1. The number of amides is 1. The molecule has 1 unspecified atom stereocenters. The first kappa shape index (κ1) is 22.2. The second kappa shape index (κ2) is 11.1. The average molecular weight is 416 g/mol. The summed E-state index contributed by atoms with van der Waals surface area (Å²) in [6.07, 6.45) is -0.126. The fraction of sp³-hybridized carbons (Fsp3) is 0.435. The minimum atomic E-state index is -0.425. The van der Waals surface area contributed by atoms with Crippen LogP contribution in [0.3, 0.4) is 0 Å². The first-order chi connectivity index (χ1) is 14.6. The van der Waals surface area contributed by atoms with Gasteiger partial charge in [-0.3, -0.25) is 9.69 Å². The quantitative estimate of drug-likeness (QED) is 0.629. The van der Waals surface area contributed by atoms with Gasteiger partial charge in [-0.2, -0.15) is 0 Å². The number of hydrogen-bond acceptors (Lipinski definition) is 5.